The summed E-state index contributed by atoms with van der Waals surface area (Å²) in [5.74, 6) is 0. The molecule has 1 N–H and O–H groups in total. The Balaban J connectivity index is 4.12. The number of hydrogen-bond acceptors (Lipinski definition) is 2. The summed E-state index contributed by atoms with van der Waals surface area (Å²) in [6.07, 6.45) is 12.5. The van der Waals surface area contributed by atoms with Gasteiger partial charge in [-0.25, -0.2) is 0 Å². The Hall–Kier alpha value is -0.860. The second kappa shape index (κ2) is 12.6. The Kier molecular flexibility index (Phi) is 12.0. The van der Waals surface area contributed by atoms with Crippen molar-refractivity contribution in [2.24, 2.45) is 0 Å². The molecule has 0 unspecified atom stereocenters. The molecule has 0 aromatic heterocycles. The Morgan fingerprint density at radius 2 is 1.94 bits per heavy atom. The molecule has 0 fully saturated rings. The lowest BCUT2D eigenvalue weighted by Crippen LogP contribution is -2.28. The maximum atomic E-state index is 8.92. The van der Waals surface area contributed by atoms with E-state index >= 15 is 0 Å². The third kappa shape index (κ3) is 9.20. The molecule has 0 aromatic carbocycles. The maximum Gasteiger partial charge on any atom is 0.0443 e. The lowest BCUT2D eigenvalue weighted by atomic mass is 10.1. The summed E-state index contributed by atoms with van der Waals surface area (Å²) in [6, 6.07) is 0. The molecule has 0 saturated carbocycles. The number of aliphatic hydroxyl groups excluding tert-OH is 1. The van der Waals surface area contributed by atoms with Crippen LogP contribution in [-0.2, 0) is 0 Å². The van der Waals surface area contributed by atoms with Crippen LogP contribution in [0.2, 0.25) is 0 Å². The molecular formula is C16H29NO. The zero-order chi connectivity index (χ0) is 13.6. The van der Waals surface area contributed by atoms with Gasteiger partial charge in [0.05, 0.1) is 0 Å². The predicted octanol–water partition coefficient (Wildman–Crippen LogP) is 3.55. The van der Waals surface area contributed by atoms with Crippen molar-refractivity contribution in [2.45, 2.75) is 39.5 Å². The van der Waals surface area contributed by atoms with Crippen LogP contribution in [0.25, 0.3) is 0 Å². The third-order valence-corrected chi connectivity index (χ3v) is 2.99. The van der Waals surface area contributed by atoms with Crippen LogP contribution in [0, 0.1) is 0 Å². The highest BCUT2D eigenvalue weighted by molar-refractivity contribution is 5.21. The van der Waals surface area contributed by atoms with Gasteiger partial charge in [0.2, 0.25) is 0 Å². The molecule has 18 heavy (non-hydrogen) atoms. The first-order chi connectivity index (χ1) is 8.78. The fourth-order valence-corrected chi connectivity index (χ4v) is 1.81. The average Bonchev–Trinajstić information content (AvgIpc) is 2.41. The molecule has 0 aliphatic carbocycles. The van der Waals surface area contributed by atoms with Crippen molar-refractivity contribution >= 4 is 0 Å². The summed E-state index contributed by atoms with van der Waals surface area (Å²) in [6.45, 7) is 11.5. The molecule has 0 amide bonds. The lowest BCUT2D eigenvalue weighted by molar-refractivity contribution is 0.223. The third-order valence-electron chi connectivity index (χ3n) is 2.99. The van der Waals surface area contributed by atoms with E-state index in [4.69, 9.17) is 5.11 Å². The minimum absolute atomic E-state index is 0.287. The quantitative estimate of drug-likeness (QED) is 0.568. The van der Waals surface area contributed by atoms with Crippen molar-refractivity contribution in [3.05, 3.63) is 36.5 Å². The number of hydrogen-bond donors (Lipinski definition) is 1. The molecule has 0 aliphatic heterocycles. The second-order valence-corrected chi connectivity index (χ2v) is 4.48. The number of aliphatic hydroxyl groups is 1. The van der Waals surface area contributed by atoms with Crippen LogP contribution in [0.1, 0.15) is 39.5 Å². The highest BCUT2D eigenvalue weighted by atomic mass is 16.3. The maximum absolute atomic E-state index is 8.92. The molecule has 0 spiro atoms. The fraction of sp³-hybridized carbons (Fsp3) is 0.625. The first-order valence-corrected chi connectivity index (χ1v) is 7.06. The standard InChI is InChI=1S/C16H29NO/c1-4-7-10-16(6-3)11-14-17(12-8-5-2)13-9-15-18/h4,6-7,10,18H,1,5,8-9,11-15H2,2-3H3/b10-7-,16-6+. The first-order valence-electron chi connectivity index (χ1n) is 7.06. The van der Waals surface area contributed by atoms with Crippen LogP contribution < -0.4 is 0 Å². The Morgan fingerprint density at radius 3 is 2.50 bits per heavy atom. The highest BCUT2D eigenvalue weighted by Crippen LogP contribution is 2.07. The van der Waals surface area contributed by atoms with Gasteiger partial charge in [0, 0.05) is 19.7 Å². The van der Waals surface area contributed by atoms with Gasteiger partial charge in [0.25, 0.3) is 0 Å². The summed E-state index contributed by atoms with van der Waals surface area (Å²) in [7, 11) is 0. The number of nitrogens with zero attached hydrogens (tertiary/aromatic N) is 1. The van der Waals surface area contributed by atoms with E-state index in [0.717, 1.165) is 32.5 Å². The number of rotatable bonds is 11. The molecule has 0 saturated heterocycles. The minimum Gasteiger partial charge on any atom is -0.396 e. The Morgan fingerprint density at radius 1 is 1.22 bits per heavy atom. The van der Waals surface area contributed by atoms with E-state index in [2.05, 4.69) is 37.5 Å². The monoisotopic (exact) mass is 251 g/mol. The van der Waals surface area contributed by atoms with Crippen molar-refractivity contribution in [3.63, 3.8) is 0 Å². The summed E-state index contributed by atoms with van der Waals surface area (Å²) in [5.41, 5.74) is 1.35. The largest absolute Gasteiger partial charge is 0.396 e. The van der Waals surface area contributed by atoms with E-state index in [9.17, 15) is 0 Å². The van der Waals surface area contributed by atoms with Crippen LogP contribution >= 0.6 is 0 Å². The van der Waals surface area contributed by atoms with Crippen LogP contribution in [0.3, 0.4) is 0 Å². The van der Waals surface area contributed by atoms with Crippen molar-refractivity contribution in [1.29, 1.82) is 0 Å². The smallest absolute Gasteiger partial charge is 0.0443 e. The van der Waals surface area contributed by atoms with Gasteiger partial charge < -0.3 is 10.0 Å². The van der Waals surface area contributed by atoms with Crippen LogP contribution in [0.5, 0.6) is 0 Å². The van der Waals surface area contributed by atoms with Crippen LogP contribution in [0.15, 0.2) is 36.5 Å². The highest BCUT2D eigenvalue weighted by Gasteiger charge is 2.04. The van der Waals surface area contributed by atoms with E-state index in [1.807, 2.05) is 12.2 Å². The minimum atomic E-state index is 0.287. The van der Waals surface area contributed by atoms with Gasteiger partial charge in [-0.2, -0.15) is 0 Å². The van der Waals surface area contributed by atoms with Gasteiger partial charge in [0.15, 0.2) is 0 Å². The molecule has 0 radical (unpaired) electrons. The predicted molar refractivity (Wildman–Crippen MR) is 80.8 cm³/mol. The topological polar surface area (TPSA) is 23.5 Å². The zero-order valence-electron chi connectivity index (χ0n) is 12.1. The van der Waals surface area contributed by atoms with Crippen molar-refractivity contribution in [3.8, 4) is 0 Å². The first kappa shape index (κ1) is 17.1. The average molecular weight is 251 g/mol. The van der Waals surface area contributed by atoms with Gasteiger partial charge in [-0.1, -0.05) is 49.8 Å². The molecule has 104 valence electrons. The molecule has 0 atom stereocenters. The molecule has 0 aromatic rings. The molecule has 0 heterocycles. The molecule has 0 rings (SSSR count). The zero-order valence-corrected chi connectivity index (χ0v) is 12.1. The summed E-state index contributed by atoms with van der Waals surface area (Å²) < 4.78 is 0. The molecule has 0 bridgehead atoms. The summed E-state index contributed by atoms with van der Waals surface area (Å²) in [4.78, 5) is 2.45. The van der Waals surface area contributed by atoms with Gasteiger partial charge in [-0.15, -0.1) is 0 Å². The molecule has 2 heteroatoms. The van der Waals surface area contributed by atoms with Crippen molar-refractivity contribution in [1.82, 2.24) is 4.90 Å². The van der Waals surface area contributed by atoms with Crippen LogP contribution in [-0.4, -0.2) is 36.2 Å². The summed E-state index contributed by atoms with van der Waals surface area (Å²) in [5, 5.41) is 8.92. The van der Waals surface area contributed by atoms with Gasteiger partial charge in [0.1, 0.15) is 0 Å². The Bertz CT molecular complexity index is 248. The second-order valence-electron chi connectivity index (χ2n) is 4.48. The molecular weight excluding hydrogens is 222 g/mol. The van der Waals surface area contributed by atoms with E-state index < -0.39 is 0 Å². The van der Waals surface area contributed by atoms with Gasteiger partial charge in [-0.3, -0.25) is 0 Å². The van der Waals surface area contributed by atoms with E-state index in [0.29, 0.717) is 0 Å². The van der Waals surface area contributed by atoms with Gasteiger partial charge in [-0.05, 0) is 32.7 Å². The lowest BCUT2D eigenvalue weighted by Gasteiger charge is -2.21. The van der Waals surface area contributed by atoms with Crippen molar-refractivity contribution < 1.29 is 5.11 Å². The van der Waals surface area contributed by atoms with Crippen molar-refractivity contribution in [2.75, 3.05) is 26.2 Å². The Labute approximate surface area is 113 Å². The van der Waals surface area contributed by atoms with E-state index in [1.165, 1.54) is 18.4 Å². The number of allylic oxidation sites excluding steroid dienone is 4. The number of unbranched alkanes of at least 4 members (excludes halogenated alkanes) is 1. The van der Waals surface area contributed by atoms with E-state index in [1.54, 1.807) is 0 Å². The fourth-order valence-electron chi connectivity index (χ4n) is 1.81. The summed E-state index contributed by atoms with van der Waals surface area (Å²) >= 11 is 0. The molecule has 2 nitrogen and oxygen atoms in total. The van der Waals surface area contributed by atoms with Gasteiger partial charge >= 0.3 is 0 Å². The van der Waals surface area contributed by atoms with E-state index in [-0.39, 0.29) is 6.61 Å². The normalized spacial score (nSPS) is 12.6. The van der Waals surface area contributed by atoms with Crippen LogP contribution in [0.4, 0.5) is 0 Å². The SMILES string of the molecule is C=C/C=C\C(=C/C)CCN(CCCC)CCCO. The molecule has 0 aliphatic rings.